The fraction of sp³-hybridized carbons (Fsp3) is 0.562. The lowest BCUT2D eigenvalue weighted by molar-refractivity contribution is -0.124. The molecule has 21 heavy (non-hydrogen) atoms. The molecule has 0 amide bonds. The summed E-state index contributed by atoms with van der Waals surface area (Å²) >= 11 is 0. The van der Waals surface area contributed by atoms with Gasteiger partial charge in [0.05, 0.1) is 12.8 Å². The summed E-state index contributed by atoms with van der Waals surface area (Å²) in [5.74, 6) is 1.18. The lowest BCUT2D eigenvalue weighted by Crippen LogP contribution is -2.07. The molecule has 1 rings (SSSR count). The molecule has 0 aliphatic rings. The van der Waals surface area contributed by atoms with Crippen LogP contribution in [0.2, 0.25) is 0 Å². The molecule has 0 atom stereocenters. The molecule has 5 nitrogen and oxygen atoms in total. The van der Waals surface area contributed by atoms with Gasteiger partial charge in [0, 0.05) is 33.0 Å². The molecule has 1 aromatic rings. The maximum Gasteiger partial charge on any atom is 0.140 e. The Labute approximate surface area is 124 Å². The summed E-state index contributed by atoms with van der Waals surface area (Å²) in [4.78, 5) is 34.3. The maximum absolute atomic E-state index is 11.8. The smallest absolute Gasteiger partial charge is 0.140 e. The van der Waals surface area contributed by atoms with Crippen molar-refractivity contribution >= 4 is 17.3 Å². The summed E-state index contributed by atoms with van der Waals surface area (Å²) in [6.07, 6.45) is 2.05. The van der Waals surface area contributed by atoms with Crippen molar-refractivity contribution in [2.24, 2.45) is 0 Å². The highest BCUT2D eigenvalue weighted by Gasteiger charge is 2.11. The van der Waals surface area contributed by atoms with Gasteiger partial charge in [-0.15, -0.1) is 0 Å². The summed E-state index contributed by atoms with van der Waals surface area (Å²) < 4.78 is 10.3. The van der Waals surface area contributed by atoms with Gasteiger partial charge in [0.25, 0.3) is 0 Å². The molecule has 0 unspecified atom stereocenters. The molecule has 0 N–H and O–H groups in total. The second kappa shape index (κ2) is 9.23. The van der Waals surface area contributed by atoms with Crippen LogP contribution in [0.3, 0.4) is 0 Å². The van der Waals surface area contributed by atoms with Crippen molar-refractivity contribution in [3.63, 3.8) is 0 Å². The van der Waals surface area contributed by atoms with Crippen LogP contribution in [0.25, 0.3) is 0 Å². The number of furan rings is 1. The predicted molar refractivity (Wildman–Crippen MR) is 77.2 cm³/mol. The number of ether oxygens (including phenoxy) is 1. The zero-order valence-electron chi connectivity index (χ0n) is 12.6. The molecule has 0 spiro atoms. The summed E-state index contributed by atoms with van der Waals surface area (Å²) in [5.41, 5.74) is 0. The SMILES string of the molecule is COCCCC(=O)CCC(=O)Cc1ccc(CC(C)=O)o1. The zero-order valence-corrected chi connectivity index (χ0v) is 12.6. The molecule has 0 fully saturated rings. The normalized spacial score (nSPS) is 10.6. The number of carbonyl (C=O) groups excluding carboxylic acids is 3. The van der Waals surface area contributed by atoms with E-state index in [1.54, 1.807) is 19.2 Å². The number of methoxy groups -OCH3 is 1. The van der Waals surface area contributed by atoms with Gasteiger partial charge in [-0.1, -0.05) is 0 Å². The first-order valence-electron chi connectivity index (χ1n) is 7.10. The lowest BCUT2D eigenvalue weighted by atomic mass is 10.1. The van der Waals surface area contributed by atoms with Gasteiger partial charge < -0.3 is 9.15 Å². The van der Waals surface area contributed by atoms with Crippen LogP contribution in [0.4, 0.5) is 0 Å². The average Bonchev–Trinajstić information content (AvgIpc) is 2.83. The molecule has 0 saturated carbocycles. The van der Waals surface area contributed by atoms with Gasteiger partial charge in [-0.3, -0.25) is 14.4 Å². The highest BCUT2D eigenvalue weighted by atomic mass is 16.5. The van der Waals surface area contributed by atoms with E-state index >= 15 is 0 Å². The van der Waals surface area contributed by atoms with Crippen molar-refractivity contribution in [3.8, 4) is 0 Å². The third-order valence-corrected chi connectivity index (χ3v) is 3.00. The molecule has 0 radical (unpaired) electrons. The second-order valence-electron chi connectivity index (χ2n) is 5.10. The summed E-state index contributed by atoms with van der Waals surface area (Å²) in [6.45, 7) is 2.05. The molecular weight excluding hydrogens is 272 g/mol. The first-order valence-corrected chi connectivity index (χ1v) is 7.10. The topological polar surface area (TPSA) is 73.6 Å². The van der Waals surface area contributed by atoms with Crippen molar-refractivity contribution in [2.45, 2.75) is 45.4 Å². The molecule has 0 aromatic carbocycles. The third kappa shape index (κ3) is 7.56. The van der Waals surface area contributed by atoms with Crippen molar-refractivity contribution < 1.29 is 23.5 Å². The number of ketones is 3. The van der Waals surface area contributed by atoms with Gasteiger partial charge in [0.1, 0.15) is 28.9 Å². The Bertz CT molecular complexity index is 487. The zero-order chi connectivity index (χ0) is 15.7. The van der Waals surface area contributed by atoms with Gasteiger partial charge >= 0.3 is 0 Å². The van der Waals surface area contributed by atoms with E-state index in [9.17, 15) is 14.4 Å². The first kappa shape index (κ1) is 17.3. The molecule has 5 heteroatoms. The van der Waals surface area contributed by atoms with Gasteiger partial charge in [-0.2, -0.15) is 0 Å². The summed E-state index contributed by atoms with van der Waals surface area (Å²) in [5, 5.41) is 0. The minimum atomic E-state index is -0.0289. The van der Waals surface area contributed by atoms with Crippen LogP contribution in [-0.2, 0) is 32.0 Å². The fourth-order valence-electron chi connectivity index (χ4n) is 1.96. The molecule has 0 saturated heterocycles. The number of hydrogen-bond acceptors (Lipinski definition) is 5. The molecule has 0 aliphatic carbocycles. The molecule has 0 aliphatic heterocycles. The van der Waals surface area contributed by atoms with Gasteiger partial charge in [-0.25, -0.2) is 0 Å². The lowest BCUT2D eigenvalue weighted by Gasteiger charge is -2.00. The second-order valence-corrected chi connectivity index (χ2v) is 5.10. The van der Waals surface area contributed by atoms with Crippen LogP contribution in [0.1, 0.15) is 44.1 Å². The summed E-state index contributed by atoms with van der Waals surface area (Å²) in [6, 6.07) is 3.41. The van der Waals surface area contributed by atoms with E-state index in [1.165, 1.54) is 6.92 Å². The third-order valence-electron chi connectivity index (χ3n) is 3.00. The van der Waals surface area contributed by atoms with E-state index in [0.717, 1.165) is 0 Å². The van der Waals surface area contributed by atoms with Crippen molar-refractivity contribution in [3.05, 3.63) is 23.7 Å². The van der Waals surface area contributed by atoms with Gasteiger partial charge in [0.15, 0.2) is 0 Å². The first-order chi connectivity index (χ1) is 10.0. The molecule has 1 aromatic heterocycles. The Balaban J connectivity index is 2.28. The largest absolute Gasteiger partial charge is 0.465 e. The van der Waals surface area contributed by atoms with E-state index in [-0.39, 0.29) is 43.0 Å². The van der Waals surface area contributed by atoms with Crippen LogP contribution in [-0.4, -0.2) is 31.1 Å². The molecule has 116 valence electrons. The van der Waals surface area contributed by atoms with Crippen molar-refractivity contribution in [1.82, 2.24) is 0 Å². The Morgan fingerprint density at radius 3 is 2.24 bits per heavy atom. The quantitative estimate of drug-likeness (QED) is 0.585. The van der Waals surface area contributed by atoms with Crippen LogP contribution in [0, 0.1) is 0 Å². The monoisotopic (exact) mass is 294 g/mol. The Morgan fingerprint density at radius 1 is 1.00 bits per heavy atom. The van der Waals surface area contributed by atoms with E-state index in [4.69, 9.17) is 9.15 Å². The van der Waals surface area contributed by atoms with Crippen LogP contribution < -0.4 is 0 Å². The minimum absolute atomic E-state index is 0.0175. The van der Waals surface area contributed by atoms with Crippen LogP contribution in [0.5, 0.6) is 0 Å². The Hall–Kier alpha value is -1.75. The summed E-state index contributed by atoms with van der Waals surface area (Å²) in [7, 11) is 1.59. The number of rotatable bonds is 11. The van der Waals surface area contributed by atoms with E-state index in [2.05, 4.69) is 0 Å². The van der Waals surface area contributed by atoms with Gasteiger partial charge in [-0.05, 0) is 25.5 Å². The highest BCUT2D eigenvalue weighted by molar-refractivity contribution is 5.86. The average molecular weight is 294 g/mol. The van der Waals surface area contributed by atoms with Crippen molar-refractivity contribution in [1.29, 1.82) is 0 Å². The number of Topliss-reactive ketones (excluding diaryl/α,β-unsaturated/α-hetero) is 3. The fourth-order valence-corrected chi connectivity index (χ4v) is 1.96. The van der Waals surface area contributed by atoms with Gasteiger partial charge in [0.2, 0.25) is 0 Å². The predicted octanol–water partition coefficient (Wildman–Crippen LogP) is 2.30. The Kier molecular flexibility index (Phi) is 7.61. The minimum Gasteiger partial charge on any atom is -0.465 e. The van der Waals surface area contributed by atoms with E-state index in [0.29, 0.717) is 31.0 Å². The van der Waals surface area contributed by atoms with E-state index < -0.39 is 0 Å². The Morgan fingerprint density at radius 2 is 1.62 bits per heavy atom. The molecule has 0 bridgehead atoms. The van der Waals surface area contributed by atoms with E-state index in [1.807, 2.05) is 0 Å². The highest BCUT2D eigenvalue weighted by Crippen LogP contribution is 2.11. The number of carbonyl (C=O) groups is 3. The van der Waals surface area contributed by atoms with Crippen LogP contribution in [0.15, 0.2) is 16.5 Å². The molecular formula is C16H22O5. The maximum atomic E-state index is 11.8. The number of hydrogen-bond donors (Lipinski definition) is 0. The standard InChI is InChI=1S/C16H22O5/c1-12(17)10-15-7-8-16(21-15)11-14(19)6-5-13(18)4-3-9-20-2/h7-8H,3-6,9-11H2,1-2H3. The molecule has 1 heterocycles. The van der Waals surface area contributed by atoms with Crippen LogP contribution >= 0.6 is 0 Å². The van der Waals surface area contributed by atoms with Crippen molar-refractivity contribution in [2.75, 3.05) is 13.7 Å².